The Kier molecular flexibility index (Phi) is 7.18. The molecule has 36 heavy (non-hydrogen) atoms. The van der Waals surface area contributed by atoms with E-state index in [1.54, 1.807) is 20.3 Å². The molecule has 5 rings (SSSR count). The molecule has 8 heteroatoms. The number of furan rings is 1. The van der Waals surface area contributed by atoms with E-state index in [4.69, 9.17) is 18.6 Å². The third-order valence-corrected chi connectivity index (χ3v) is 7.35. The number of aliphatic hydroxyl groups is 1. The van der Waals surface area contributed by atoms with Crippen LogP contribution in [-0.2, 0) is 16.9 Å². The minimum absolute atomic E-state index is 0.0788. The summed E-state index contributed by atoms with van der Waals surface area (Å²) in [5.74, 6) is 1.50. The molecule has 0 unspecified atom stereocenters. The number of amides is 1. The molecule has 8 nitrogen and oxygen atoms in total. The van der Waals surface area contributed by atoms with Crippen LogP contribution in [-0.4, -0.2) is 62.5 Å². The lowest BCUT2D eigenvalue weighted by Crippen LogP contribution is -2.42. The van der Waals surface area contributed by atoms with Crippen LogP contribution in [0.1, 0.15) is 47.4 Å². The number of carbonyl (C=O) groups excluding carboxylic acids is 1. The monoisotopic (exact) mass is 494 g/mol. The molecule has 0 aliphatic carbocycles. The standard InChI is InChI=1S/C28H34N2O6/c1-33-24-7-3-5-19(26(24)34-2)18-30-12-10-28(32,11-13-30)21-8-9-23-20(15-21)16-25(36-23)27(31)29-17-22-6-4-14-35-22/h3,5,7-9,15-16,22,32H,4,6,10-14,17-18H2,1-2H3,(H,29,31)/t22-/m1/s1. The Hall–Kier alpha value is -3.07. The van der Waals surface area contributed by atoms with E-state index in [9.17, 15) is 9.90 Å². The van der Waals surface area contributed by atoms with E-state index in [0.717, 1.165) is 67.1 Å². The SMILES string of the molecule is COc1cccc(CN2CCC(O)(c3ccc4oc(C(=O)NC[C@H]5CCCO5)cc4c3)CC2)c1OC. The number of ether oxygens (including phenoxy) is 3. The predicted octanol–water partition coefficient (Wildman–Crippen LogP) is 3.84. The summed E-state index contributed by atoms with van der Waals surface area (Å²) < 4.78 is 22.3. The maximum atomic E-state index is 12.6. The van der Waals surface area contributed by atoms with Gasteiger partial charge in [0.05, 0.1) is 25.9 Å². The fraction of sp³-hybridized carbons (Fsp3) is 0.464. The molecule has 2 aromatic carbocycles. The van der Waals surface area contributed by atoms with Crippen molar-refractivity contribution in [1.82, 2.24) is 10.2 Å². The van der Waals surface area contributed by atoms with Crippen LogP contribution in [0.15, 0.2) is 46.9 Å². The molecule has 1 aromatic heterocycles. The van der Waals surface area contributed by atoms with Crippen LogP contribution in [0.5, 0.6) is 11.5 Å². The number of likely N-dealkylation sites (tertiary alicyclic amines) is 1. The van der Waals surface area contributed by atoms with Crippen molar-refractivity contribution < 1.29 is 28.5 Å². The van der Waals surface area contributed by atoms with Crippen LogP contribution in [0.3, 0.4) is 0 Å². The van der Waals surface area contributed by atoms with Crippen molar-refractivity contribution in [2.24, 2.45) is 0 Å². The molecule has 192 valence electrons. The molecule has 0 saturated carbocycles. The van der Waals surface area contributed by atoms with Crippen LogP contribution in [0, 0.1) is 0 Å². The molecule has 2 fully saturated rings. The molecule has 3 heterocycles. The number of nitrogens with zero attached hydrogens (tertiary/aromatic N) is 1. The number of carbonyl (C=O) groups is 1. The highest BCUT2D eigenvalue weighted by Crippen LogP contribution is 2.37. The fourth-order valence-corrected chi connectivity index (χ4v) is 5.23. The van der Waals surface area contributed by atoms with E-state index < -0.39 is 5.60 Å². The summed E-state index contributed by atoms with van der Waals surface area (Å²) in [5.41, 5.74) is 1.61. The number of hydrogen-bond donors (Lipinski definition) is 2. The quantitative estimate of drug-likeness (QED) is 0.491. The van der Waals surface area contributed by atoms with Gasteiger partial charge in [-0.3, -0.25) is 9.69 Å². The third-order valence-electron chi connectivity index (χ3n) is 7.35. The second kappa shape index (κ2) is 10.5. The molecule has 1 atom stereocenters. The van der Waals surface area contributed by atoms with E-state index >= 15 is 0 Å². The molecule has 0 spiro atoms. The summed E-state index contributed by atoms with van der Waals surface area (Å²) >= 11 is 0. The second-order valence-electron chi connectivity index (χ2n) is 9.67. The highest BCUT2D eigenvalue weighted by molar-refractivity contribution is 5.96. The summed E-state index contributed by atoms with van der Waals surface area (Å²) in [4.78, 5) is 14.9. The smallest absolute Gasteiger partial charge is 0.287 e. The lowest BCUT2D eigenvalue weighted by Gasteiger charge is -2.38. The van der Waals surface area contributed by atoms with Crippen LogP contribution in [0.4, 0.5) is 0 Å². The zero-order valence-electron chi connectivity index (χ0n) is 20.9. The van der Waals surface area contributed by atoms with Gasteiger partial charge in [0.2, 0.25) is 0 Å². The van der Waals surface area contributed by atoms with Gasteiger partial charge in [-0.25, -0.2) is 0 Å². The first-order chi connectivity index (χ1) is 17.5. The van der Waals surface area contributed by atoms with Gasteiger partial charge in [-0.15, -0.1) is 0 Å². The molecule has 2 saturated heterocycles. The van der Waals surface area contributed by atoms with Crippen molar-refractivity contribution in [3.63, 3.8) is 0 Å². The van der Waals surface area contributed by atoms with Crippen LogP contribution in [0.25, 0.3) is 11.0 Å². The summed E-state index contributed by atoms with van der Waals surface area (Å²) in [6.07, 6.45) is 3.29. The van der Waals surface area contributed by atoms with Gasteiger partial charge in [0.25, 0.3) is 5.91 Å². The Morgan fingerprint density at radius 3 is 2.72 bits per heavy atom. The second-order valence-corrected chi connectivity index (χ2v) is 9.67. The largest absolute Gasteiger partial charge is 0.493 e. The number of fused-ring (bicyclic) bond motifs is 1. The first-order valence-corrected chi connectivity index (χ1v) is 12.6. The Balaban J connectivity index is 1.23. The minimum Gasteiger partial charge on any atom is -0.493 e. The summed E-state index contributed by atoms with van der Waals surface area (Å²) in [6, 6.07) is 13.3. The Morgan fingerprint density at radius 1 is 1.17 bits per heavy atom. The van der Waals surface area contributed by atoms with E-state index in [2.05, 4.69) is 10.2 Å². The molecular weight excluding hydrogens is 460 g/mol. The normalized spacial score (nSPS) is 19.9. The number of methoxy groups -OCH3 is 2. The molecule has 2 aliphatic heterocycles. The molecule has 0 bridgehead atoms. The first-order valence-electron chi connectivity index (χ1n) is 12.6. The van der Waals surface area contributed by atoms with Gasteiger partial charge in [-0.05, 0) is 55.5 Å². The highest BCUT2D eigenvalue weighted by atomic mass is 16.5. The summed E-state index contributed by atoms with van der Waals surface area (Å²) in [7, 11) is 3.29. The lowest BCUT2D eigenvalue weighted by atomic mass is 9.84. The van der Waals surface area contributed by atoms with Crippen molar-refractivity contribution >= 4 is 16.9 Å². The maximum Gasteiger partial charge on any atom is 0.287 e. The zero-order chi connectivity index (χ0) is 25.1. The van der Waals surface area contributed by atoms with Crippen molar-refractivity contribution in [1.29, 1.82) is 0 Å². The Labute approximate surface area is 211 Å². The molecule has 3 aromatic rings. The molecule has 2 aliphatic rings. The topological polar surface area (TPSA) is 93.4 Å². The number of rotatable bonds is 8. The van der Waals surface area contributed by atoms with Gasteiger partial charge in [-0.2, -0.15) is 0 Å². The van der Waals surface area contributed by atoms with Crippen LogP contribution >= 0.6 is 0 Å². The third kappa shape index (κ3) is 5.07. The average molecular weight is 495 g/mol. The van der Waals surface area contributed by atoms with E-state index in [1.807, 2.05) is 36.4 Å². The predicted molar refractivity (Wildman–Crippen MR) is 135 cm³/mol. The number of benzene rings is 2. The highest BCUT2D eigenvalue weighted by Gasteiger charge is 2.34. The van der Waals surface area contributed by atoms with E-state index in [-0.39, 0.29) is 17.8 Å². The maximum absolute atomic E-state index is 12.6. The van der Waals surface area contributed by atoms with Crippen molar-refractivity contribution in [2.75, 3.05) is 40.5 Å². The van der Waals surface area contributed by atoms with Gasteiger partial charge in [0.15, 0.2) is 17.3 Å². The fourth-order valence-electron chi connectivity index (χ4n) is 5.23. The Morgan fingerprint density at radius 2 is 2.00 bits per heavy atom. The van der Waals surface area contributed by atoms with E-state index in [1.165, 1.54) is 0 Å². The molecule has 0 radical (unpaired) electrons. The molecule has 1 amide bonds. The number of nitrogens with one attached hydrogen (secondary N) is 1. The van der Waals surface area contributed by atoms with Crippen LogP contribution < -0.4 is 14.8 Å². The first kappa shape index (κ1) is 24.6. The number of piperidine rings is 1. The van der Waals surface area contributed by atoms with Crippen LogP contribution in [0.2, 0.25) is 0 Å². The number of hydrogen-bond acceptors (Lipinski definition) is 7. The van der Waals surface area contributed by atoms with Gasteiger partial charge < -0.3 is 29.1 Å². The van der Waals surface area contributed by atoms with Crippen molar-refractivity contribution in [3.05, 3.63) is 59.4 Å². The van der Waals surface area contributed by atoms with Gasteiger partial charge in [0, 0.05) is 43.7 Å². The van der Waals surface area contributed by atoms with Gasteiger partial charge in [0.1, 0.15) is 5.58 Å². The van der Waals surface area contributed by atoms with E-state index in [0.29, 0.717) is 25.0 Å². The zero-order valence-corrected chi connectivity index (χ0v) is 20.9. The molecular formula is C28H34N2O6. The van der Waals surface area contributed by atoms with Crippen molar-refractivity contribution in [2.45, 2.75) is 43.9 Å². The lowest BCUT2D eigenvalue weighted by molar-refractivity contribution is -0.0277. The molecule has 2 N–H and O–H groups in total. The number of para-hydroxylation sites is 1. The van der Waals surface area contributed by atoms with Gasteiger partial charge >= 0.3 is 0 Å². The Bertz CT molecular complexity index is 1210. The summed E-state index contributed by atoms with van der Waals surface area (Å²) in [6.45, 7) is 3.46. The van der Waals surface area contributed by atoms with Crippen molar-refractivity contribution in [3.8, 4) is 11.5 Å². The summed E-state index contributed by atoms with van der Waals surface area (Å²) in [5, 5.41) is 15.2. The average Bonchev–Trinajstić information content (AvgIpc) is 3.58. The van der Waals surface area contributed by atoms with Gasteiger partial charge in [-0.1, -0.05) is 18.2 Å². The minimum atomic E-state index is -0.928.